The minimum atomic E-state index is 0.696. The van der Waals surface area contributed by atoms with Crippen LogP contribution in [0.2, 0.25) is 5.02 Å². The molecule has 4 rings (SSSR count). The van der Waals surface area contributed by atoms with Gasteiger partial charge in [0.2, 0.25) is 0 Å². The van der Waals surface area contributed by atoms with Crippen LogP contribution >= 0.6 is 11.6 Å². The highest BCUT2D eigenvalue weighted by molar-refractivity contribution is 6.38. The zero-order chi connectivity index (χ0) is 20.4. The first-order valence-corrected chi connectivity index (χ1v) is 9.62. The van der Waals surface area contributed by atoms with Crippen LogP contribution in [0.15, 0.2) is 60.7 Å². The Morgan fingerprint density at radius 1 is 0.690 bits per heavy atom. The van der Waals surface area contributed by atoms with E-state index in [4.69, 9.17) is 25.8 Å². The zero-order valence-electron chi connectivity index (χ0n) is 16.5. The van der Waals surface area contributed by atoms with Gasteiger partial charge in [0.15, 0.2) is 11.5 Å². The van der Waals surface area contributed by atoms with Gasteiger partial charge < -0.3 is 14.2 Å². The second-order valence-corrected chi connectivity index (χ2v) is 7.01. The third kappa shape index (κ3) is 3.50. The summed E-state index contributed by atoms with van der Waals surface area (Å²) < 4.78 is 16.2. The van der Waals surface area contributed by atoms with Gasteiger partial charge in [-0.25, -0.2) is 0 Å². The molecule has 0 unspecified atom stereocenters. The number of para-hydroxylation sites is 1. The van der Waals surface area contributed by atoms with Gasteiger partial charge in [0.05, 0.1) is 26.4 Å². The van der Waals surface area contributed by atoms with Crippen molar-refractivity contribution in [3.05, 3.63) is 76.8 Å². The van der Waals surface area contributed by atoms with Crippen molar-refractivity contribution in [2.45, 2.75) is 0 Å². The fourth-order valence-corrected chi connectivity index (χ4v) is 3.87. The number of methoxy groups -OCH3 is 3. The Bertz CT molecular complexity index is 1230. The van der Waals surface area contributed by atoms with Crippen LogP contribution in [0.25, 0.3) is 33.7 Å². The second-order valence-electron chi connectivity index (χ2n) is 6.63. The Kier molecular flexibility index (Phi) is 5.32. The first-order valence-electron chi connectivity index (χ1n) is 9.24. The van der Waals surface area contributed by atoms with Crippen molar-refractivity contribution in [1.29, 1.82) is 0 Å². The largest absolute Gasteiger partial charge is 0.497 e. The van der Waals surface area contributed by atoms with Crippen LogP contribution in [-0.2, 0) is 0 Å². The van der Waals surface area contributed by atoms with E-state index in [0.717, 1.165) is 43.4 Å². The molecule has 4 heteroatoms. The molecule has 29 heavy (non-hydrogen) atoms. The molecule has 0 aliphatic rings. The molecule has 0 N–H and O–H groups in total. The van der Waals surface area contributed by atoms with Crippen molar-refractivity contribution in [1.82, 2.24) is 0 Å². The van der Waals surface area contributed by atoms with Gasteiger partial charge in [-0.1, -0.05) is 66.2 Å². The molecule has 0 bridgehead atoms. The lowest BCUT2D eigenvalue weighted by Crippen LogP contribution is -1.92. The fraction of sp³-hybridized carbons (Fsp3) is 0.120. The van der Waals surface area contributed by atoms with Gasteiger partial charge in [-0.2, -0.15) is 0 Å². The average Bonchev–Trinajstić information content (AvgIpc) is 2.77. The van der Waals surface area contributed by atoms with Crippen LogP contribution in [0.3, 0.4) is 0 Å². The summed E-state index contributed by atoms with van der Waals surface area (Å²) in [6, 6.07) is 20.1. The molecule has 146 valence electrons. The Labute approximate surface area is 175 Å². The normalized spacial score (nSPS) is 11.3. The summed E-state index contributed by atoms with van der Waals surface area (Å²) >= 11 is 6.77. The van der Waals surface area contributed by atoms with Crippen LogP contribution < -0.4 is 14.2 Å². The summed E-state index contributed by atoms with van der Waals surface area (Å²) in [6.45, 7) is 0. The first kappa shape index (κ1) is 19.2. The van der Waals surface area contributed by atoms with Crippen molar-refractivity contribution in [3.8, 4) is 17.2 Å². The molecule has 0 amide bonds. The van der Waals surface area contributed by atoms with E-state index in [1.165, 1.54) is 0 Å². The SMILES string of the molecule is COc1ccc2c(ccc3c(Cl)c(/C=C/c4cccc(OC)c4OC)ccc32)c1. The standard InChI is InChI=1S/C25H21ClO3/c1-27-19-11-14-20-18(15-19)10-13-22-21(20)12-9-16(24(22)26)7-8-17-5-4-6-23(28-2)25(17)29-3/h4-15H,1-3H3/b8-7+. The van der Waals surface area contributed by atoms with Gasteiger partial charge in [-0.05, 0) is 39.9 Å². The molecule has 4 aromatic rings. The Morgan fingerprint density at radius 3 is 2.21 bits per heavy atom. The summed E-state index contributed by atoms with van der Waals surface area (Å²) in [4.78, 5) is 0. The predicted octanol–water partition coefficient (Wildman–Crippen LogP) is 6.84. The van der Waals surface area contributed by atoms with Gasteiger partial charge in [0, 0.05) is 10.9 Å². The lowest BCUT2D eigenvalue weighted by atomic mass is 9.99. The van der Waals surface area contributed by atoms with Gasteiger partial charge in [0.1, 0.15) is 5.75 Å². The van der Waals surface area contributed by atoms with E-state index in [0.29, 0.717) is 11.5 Å². The second kappa shape index (κ2) is 8.06. The maximum atomic E-state index is 6.77. The Morgan fingerprint density at radius 2 is 1.45 bits per heavy atom. The quantitative estimate of drug-likeness (QED) is 0.269. The first-order chi connectivity index (χ1) is 14.2. The van der Waals surface area contributed by atoms with Crippen LogP contribution in [0.4, 0.5) is 0 Å². The molecule has 0 fully saturated rings. The summed E-state index contributed by atoms with van der Waals surface area (Å²) in [5.41, 5.74) is 1.87. The summed E-state index contributed by atoms with van der Waals surface area (Å²) in [5, 5.41) is 5.13. The molecule has 0 aliphatic heterocycles. The smallest absolute Gasteiger partial charge is 0.167 e. The molecular weight excluding hydrogens is 384 g/mol. The fourth-order valence-electron chi connectivity index (χ4n) is 3.58. The number of hydrogen-bond donors (Lipinski definition) is 0. The molecule has 0 aliphatic carbocycles. The number of rotatable bonds is 5. The van der Waals surface area contributed by atoms with Gasteiger partial charge in [-0.3, -0.25) is 0 Å². The van der Waals surface area contributed by atoms with E-state index in [1.807, 2.05) is 48.6 Å². The molecule has 3 nitrogen and oxygen atoms in total. The van der Waals surface area contributed by atoms with Crippen LogP contribution in [0.5, 0.6) is 17.2 Å². The van der Waals surface area contributed by atoms with Gasteiger partial charge in [0.25, 0.3) is 0 Å². The van der Waals surface area contributed by atoms with Crippen molar-refractivity contribution in [2.75, 3.05) is 21.3 Å². The topological polar surface area (TPSA) is 27.7 Å². The highest BCUT2D eigenvalue weighted by Crippen LogP contribution is 2.36. The number of fused-ring (bicyclic) bond motifs is 3. The lowest BCUT2D eigenvalue weighted by Gasteiger charge is -2.11. The van der Waals surface area contributed by atoms with Crippen molar-refractivity contribution >= 4 is 45.3 Å². The molecular formula is C25H21ClO3. The van der Waals surface area contributed by atoms with E-state index < -0.39 is 0 Å². The van der Waals surface area contributed by atoms with Crippen LogP contribution in [0.1, 0.15) is 11.1 Å². The molecule has 0 aromatic heterocycles. The molecule has 0 saturated carbocycles. The molecule has 0 heterocycles. The van der Waals surface area contributed by atoms with E-state index in [9.17, 15) is 0 Å². The van der Waals surface area contributed by atoms with Crippen molar-refractivity contribution < 1.29 is 14.2 Å². The predicted molar refractivity (Wildman–Crippen MR) is 121 cm³/mol. The van der Waals surface area contributed by atoms with E-state index >= 15 is 0 Å². The number of halogens is 1. The van der Waals surface area contributed by atoms with Crippen molar-refractivity contribution in [3.63, 3.8) is 0 Å². The highest BCUT2D eigenvalue weighted by atomic mass is 35.5. The van der Waals surface area contributed by atoms with Gasteiger partial charge in [-0.15, -0.1) is 0 Å². The van der Waals surface area contributed by atoms with Crippen LogP contribution in [-0.4, -0.2) is 21.3 Å². The summed E-state index contributed by atoms with van der Waals surface area (Å²) in [5.74, 6) is 2.24. The highest BCUT2D eigenvalue weighted by Gasteiger charge is 2.09. The van der Waals surface area contributed by atoms with Crippen molar-refractivity contribution in [2.24, 2.45) is 0 Å². The zero-order valence-corrected chi connectivity index (χ0v) is 17.3. The Hall–Kier alpha value is -3.17. The maximum absolute atomic E-state index is 6.77. The van der Waals surface area contributed by atoms with E-state index in [1.54, 1.807) is 21.3 Å². The minimum Gasteiger partial charge on any atom is -0.497 e. The van der Waals surface area contributed by atoms with Crippen LogP contribution in [0, 0.1) is 0 Å². The molecule has 4 aromatic carbocycles. The number of benzene rings is 4. The maximum Gasteiger partial charge on any atom is 0.167 e. The minimum absolute atomic E-state index is 0.696. The monoisotopic (exact) mass is 404 g/mol. The summed E-state index contributed by atoms with van der Waals surface area (Å²) in [6.07, 6.45) is 3.98. The molecule has 0 saturated heterocycles. The lowest BCUT2D eigenvalue weighted by molar-refractivity contribution is 0.354. The average molecular weight is 405 g/mol. The number of ether oxygens (including phenoxy) is 3. The van der Waals surface area contributed by atoms with E-state index in [-0.39, 0.29) is 0 Å². The molecule has 0 radical (unpaired) electrons. The summed E-state index contributed by atoms with van der Waals surface area (Å²) in [7, 11) is 4.94. The Balaban J connectivity index is 1.79. The van der Waals surface area contributed by atoms with E-state index in [2.05, 4.69) is 24.3 Å². The molecule has 0 spiro atoms. The molecule has 0 atom stereocenters. The third-order valence-electron chi connectivity index (χ3n) is 5.06. The number of hydrogen-bond acceptors (Lipinski definition) is 3. The third-order valence-corrected chi connectivity index (χ3v) is 5.49. The van der Waals surface area contributed by atoms with Gasteiger partial charge >= 0.3 is 0 Å².